The van der Waals surface area contributed by atoms with Gasteiger partial charge in [0, 0.05) is 17.0 Å². The lowest BCUT2D eigenvalue weighted by atomic mass is 9.91. The van der Waals surface area contributed by atoms with Gasteiger partial charge in [0.15, 0.2) is 5.13 Å². The second-order valence-electron chi connectivity index (χ2n) is 5.27. The molecule has 21 heavy (non-hydrogen) atoms. The first kappa shape index (κ1) is 14.1. The number of anilines is 1. The first-order valence-corrected chi connectivity index (χ1v) is 7.76. The van der Waals surface area contributed by atoms with Gasteiger partial charge in [-0.1, -0.05) is 5.16 Å². The Balaban J connectivity index is 1.77. The second kappa shape index (κ2) is 5.48. The van der Waals surface area contributed by atoms with Crippen molar-refractivity contribution in [2.45, 2.75) is 45.6 Å². The number of rotatable bonds is 4. The van der Waals surface area contributed by atoms with Gasteiger partial charge in [-0.3, -0.25) is 4.79 Å². The Morgan fingerprint density at radius 2 is 2.33 bits per heavy atom. The number of fused-ring (bicyclic) bond motifs is 1. The molecule has 2 N–H and O–H groups in total. The van der Waals surface area contributed by atoms with E-state index in [9.17, 15) is 9.90 Å². The summed E-state index contributed by atoms with van der Waals surface area (Å²) in [5.74, 6) is -0.442. The quantitative estimate of drug-likeness (QED) is 0.903. The van der Waals surface area contributed by atoms with Crippen molar-refractivity contribution in [2.24, 2.45) is 0 Å². The van der Waals surface area contributed by atoms with E-state index < -0.39 is 11.9 Å². The molecule has 0 saturated heterocycles. The van der Waals surface area contributed by atoms with Crippen molar-refractivity contribution in [3.8, 4) is 0 Å². The molecule has 112 valence electrons. The highest BCUT2D eigenvalue weighted by Gasteiger charge is 2.30. The monoisotopic (exact) mass is 307 g/mol. The Labute approximate surface area is 126 Å². The fourth-order valence-corrected chi connectivity index (χ4v) is 3.71. The van der Waals surface area contributed by atoms with E-state index >= 15 is 0 Å². The molecule has 6 nitrogen and oxygen atoms in total. The van der Waals surface area contributed by atoms with E-state index in [-0.39, 0.29) is 0 Å². The van der Waals surface area contributed by atoms with Crippen LogP contribution in [0, 0.1) is 13.8 Å². The van der Waals surface area contributed by atoms with Gasteiger partial charge in [0.2, 0.25) is 0 Å². The third kappa shape index (κ3) is 2.65. The van der Waals surface area contributed by atoms with Crippen LogP contribution < -0.4 is 5.32 Å². The third-order valence-corrected chi connectivity index (χ3v) is 4.94. The van der Waals surface area contributed by atoms with Gasteiger partial charge in [0.05, 0.1) is 11.4 Å². The van der Waals surface area contributed by atoms with Crippen LogP contribution in [-0.4, -0.2) is 21.2 Å². The molecule has 2 heterocycles. The molecule has 1 unspecified atom stereocenters. The summed E-state index contributed by atoms with van der Waals surface area (Å²) >= 11 is 1.55. The number of carboxylic acid groups (broad SMARTS) is 1. The topological polar surface area (TPSA) is 88.3 Å². The number of aliphatic carboxylic acids is 1. The Bertz CT molecular complexity index is 658. The molecule has 0 spiro atoms. The summed E-state index contributed by atoms with van der Waals surface area (Å²) in [5.41, 5.74) is 2.63. The van der Waals surface area contributed by atoms with E-state index in [0.717, 1.165) is 45.6 Å². The largest absolute Gasteiger partial charge is 0.481 e. The smallest absolute Gasteiger partial charge is 0.312 e. The van der Waals surface area contributed by atoms with Crippen molar-refractivity contribution in [2.75, 3.05) is 5.32 Å². The van der Waals surface area contributed by atoms with Crippen LogP contribution in [0.3, 0.4) is 0 Å². The first-order chi connectivity index (χ1) is 10.1. The maximum Gasteiger partial charge on any atom is 0.312 e. The molecule has 7 heteroatoms. The first-order valence-electron chi connectivity index (χ1n) is 6.94. The molecule has 1 aliphatic rings. The summed E-state index contributed by atoms with van der Waals surface area (Å²) in [7, 11) is 0. The molecular weight excluding hydrogens is 290 g/mol. The van der Waals surface area contributed by atoms with E-state index in [2.05, 4.69) is 15.5 Å². The van der Waals surface area contributed by atoms with Crippen LogP contribution in [0.5, 0.6) is 0 Å². The molecule has 0 fully saturated rings. The van der Waals surface area contributed by atoms with Gasteiger partial charge in [-0.15, -0.1) is 11.3 Å². The Morgan fingerprint density at radius 1 is 1.52 bits per heavy atom. The van der Waals surface area contributed by atoms with Gasteiger partial charge in [0.25, 0.3) is 0 Å². The average molecular weight is 307 g/mol. The molecular formula is C14H17N3O3S. The molecule has 2 aromatic heterocycles. The van der Waals surface area contributed by atoms with E-state index in [1.165, 1.54) is 0 Å². The minimum atomic E-state index is -0.779. The van der Waals surface area contributed by atoms with Crippen LogP contribution in [0.2, 0.25) is 0 Å². The fourth-order valence-electron chi connectivity index (χ4n) is 2.65. The lowest BCUT2D eigenvalue weighted by Gasteiger charge is -2.16. The molecule has 0 amide bonds. The third-order valence-electron chi connectivity index (χ3n) is 3.85. The zero-order chi connectivity index (χ0) is 15.0. The Hall–Kier alpha value is -1.89. The Kier molecular flexibility index (Phi) is 3.67. The van der Waals surface area contributed by atoms with Crippen molar-refractivity contribution in [3.05, 3.63) is 27.6 Å². The van der Waals surface area contributed by atoms with Gasteiger partial charge in [-0.25, -0.2) is 4.98 Å². The number of aryl methyl sites for hydroxylation is 3. The minimum absolute atomic E-state index is 0.459. The highest BCUT2D eigenvalue weighted by atomic mass is 32.1. The molecule has 0 saturated carbocycles. The summed E-state index contributed by atoms with van der Waals surface area (Å²) in [5, 5.41) is 17.2. The summed E-state index contributed by atoms with van der Waals surface area (Å²) in [6.07, 6.45) is 2.51. The van der Waals surface area contributed by atoms with E-state index in [1.54, 1.807) is 11.3 Å². The number of aromatic nitrogens is 2. The predicted molar refractivity (Wildman–Crippen MR) is 78.7 cm³/mol. The maximum atomic E-state index is 11.3. The van der Waals surface area contributed by atoms with Crippen LogP contribution in [0.15, 0.2) is 4.52 Å². The van der Waals surface area contributed by atoms with E-state index in [0.29, 0.717) is 13.0 Å². The van der Waals surface area contributed by atoms with E-state index in [1.807, 2.05) is 13.8 Å². The van der Waals surface area contributed by atoms with Crippen LogP contribution in [0.4, 0.5) is 5.13 Å². The number of nitrogens with zero attached hydrogens (tertiary/aromatic N) is 2. The van der Waals surface area contributed by atoms with Gasteiger partial charge in [0.1, 0.15) is 11.7 Å². The van der Waals surface area contributed by atoms with Crippen molar-refractivity contribution >= 4 is 22.4 Å². The van der Waals surface area contributed by atoms with Crippen molar-refractivity contribution < 1.29 is 14.4 Å². The van der Waals surface area contributed by atoms with Crippen molar-refractivity contribution in [1.29, 1.82) is 0 Å². The highest BCUT2D eigenvalue weighted by Crippen LogP contribution is 2.37. The molecule has 1 atom stereocenters. The average Bonchev–Trinajstić information content (AvgIpc) is 3.00. The lowest BCUT2D eigenvalue weighted by molar-refractivity contribution is -0.139. The number of carbonyl (C=O) groups is 1. The minimum Gasteiger partial charge on any atom is -0.481 e. The standard InChI is InChI=1S/C14H17N3O3S/c1-7-10(8(2)20-17-7)6-15-14-16-12-9(13(18)19)4-3-5-11(12)21-14/h9H,3-6H2,1-2H3,(H,15,16)(H,18,19). The molecule has 1 aliphatic carbocycles. The summed E-state index contributed by atoms with van der Waals surface area (Å²) in [6.45, 7) is 4.37. The van der Waals surface area contributed by atoms with E-state index in [4.69, 9.17) is 4.52 Å². The van der Waals surface area contributed by atoms with Crippen molar-refractivity contribution in [1.82, 2.24) is 10.1 Å². The Morgan fingerprint density at radius 3 is 3.00 bits per heavy atom. The van der Waals surface area contributed by atoms with Gasteiger partial charge < -0.3 is 14.9 Å². The SMILES string of the molecule is Cc1noc(C)c1CNc1nc2c(s1)CCCC2C(=O)O. The predicted octanol–water partition coefficient (Wildman–Crippen LogP) is 2.86. The molecule has 0 radical (unpaired) electrons. The number of hydrogen-bond donors (Lipinski definition) is 2. The van der Waals surface area contributed by atoms with Crippen LogP contribution in [-0.2, 0) is 17.8 Å². The second-order valence-corrected chi connectivity index (χ2v) is 6.35. The number of hydrogen-bond acceptors (Lipinski definition) is 6. The van der Waals surface area contributed by atoms with Crippen LogP contribution in [0.25, 0.3) is 0 Å². The molecule has 0 aromatic carbocycles. The molecule has 2 aromatic rings. The van der Waals surface area contributed by atoms with Crippen molar-refractivity contribution in [3.63, 3.8) is 0 Å². The van der Waals surface area contributed by atoms with Crippen LogP contribution >= 0.6 is 11.3 Å². The maximum absolute atomic E-state index is 11.3. The summed E-state index contributed by atoms with van der Waals surface area (Å²) in [6, 6.07) is 0. The normalized spacial score (nSPS) is 17.5. The zero-order valence-corrected chi connectivity index (χ0v) is 12.8. The van der Waals surface area contributed by atoms with Gasteiger partial charge >= 0.3 is 5.97 Å². The number of carboxylic acids is 1. The number of thiazole rings is 1. The lowest BCUT2D eigenvalue weighted by Crippen LogP contribution is -2.17. The van der Waals surface area contributed by atoms with Gasteiger partial charge in [-0.05, 0) is 33.1 Å². The highest BCUT2D eigenvalue weighted by molar-refractivity contribution is 7.15. The fraction of sp³-hybridized carbons (Fsp3) is 0.500. The summed E-state index contributed by atoms with van der Waals surface area (Å²) < 4.78 is 5.13. The van der Waals surface area contributed by atoms with Gasteiger partial charge in [-0.2, -0.15) is 0 Å². The number of nitrogens with one attached hydrogen (secondary N) is 1. The molecule has 0 aliphatic heterocycles. The molecule has 0 bridgehead atoms. The van der Waals surface area contributed by atoms with Crippen LogP contribution in [0.1, 0.15) is 46.3 Å². The summed E-state index contributed by atoms with van der Waals surface area (Å²) in [4.78, 5) is 16.9. The zero-order valence-electron chi connectivity index (χ0n) is 12.0. The molecule has 3 rings (SSSR count).